The highest BCUT2D eigenvalue weighted by molar-refractivity contribution is 7.91. The lowest BCUT2D eigenvalue weighted by Gasteiger charge is -2.30. The van der Waals surface area contributed by atoms with E-state index < -0.39 is 15.8 Å². The Morgan fingerprint density at radius 2 is 1.93 bits per heavy atom. The molecular weight excluding hydrogens is 218 g/mol. The predicted octanol–water partition coefficient (Wildman–Crippen LogP) is -0.0299. The second-order valence-corrected chi connectivity index (χ2v) is 6.31. The molecule has 0 aromatic carbocycles. The highest BCUT2D eigenvalue weighted by Gasteiger charge is 2.26. The SMILES string of the molecule is CN(CCC(=O)O)C1CCS(=O)(=O)CC1. The Labute approximate surface area is 90.0 Å². The van der Waals surface area contributed by atoms with E-state index >= 15 is 0 Å². The summed E-state index contributed by atoms with van der Waals surface area (Å²) in [6, 6.07) is 0.216. The summed E-state index contributed by atoms with van der Waals surface area (Å²) < 4.78 is 22.3. The number of carboxylic acid groups (broad SMARTS) is 1. The quantitative estimate of drug-likeness (QED) is 0.740. The molecule has 0 unspecified atom stereocenters. The molecule has 5 nitrogen and oxygen atoms in total. The minimum atomic E-state index is -2.82. The van der Waals surface area contributed by atoms with Gasteiger partial charge in [-0.3, -0.25) is 4.79 Å². The van der Waals surface area contributed by atoms with Crippen molar-refractivity contribution in [1.29, 1.82) is 0 Å². The van der Waals surface area contributed by atoms with Crippen LogP contribution >= 0.6 is 0 Å². The van der Waals surface area contributed by atoms with Crippen molar-refractivity contribution in [1.82, 2.24) is 4.90 Å². The van der Waals surface area contributed by atoms with E-state index in [1.807, 2.05) is 11.9 Å². The lowest BCUT2D eigenvalue weighted by molar-refractivity contribution is -0.137. The summed E-state index contributed by atoms with van der Waals surface area (Å²) in [4.78, 5) is 12.3. The molecule has 0 bridgehead atoms. The molecule has 0 radical (unpaired) electrons. The monoisotopic (exact) mass is 235 g/mol. The van der Waals surface area contributed by atoms with Crippen molar-refractivity contribution in [3.63, 3.8) is 0 Å². The average Bonchev–Trinajstić information content (AvgIpc) is 2.14. The fourth-order valence-corrected chi connectivity index (χ4v) is 3.24. The highest BCUT2D eigenvalue weighted by Crippen LogP contribution is 2.16. The molecule has 0 aliphatic carbocycles. The van der Waals surface area contributed by atoms with E-state index in [-0.39, 0.29) is 24.0 Å². The lowest BCUT2D eigenvalue weighted by Crippen LogP contribution is -2.39. The van der Waals surface area contributed by atoms with E-state index in [1.54, 1.807) is 0 Å². The second kappa shape index (κ2) is 4.94. The van der Waals surface area contributed by atoms with E-state index in [2.05, 4.69) is 0 Å². The highest BCUT2D eigenvalue weighted by atomic mass is 32.2. The molecule has 88 valence electrons. The van der Waals surface area contributed by atoms with Crippen molar-refractivity contribution in [2.75, 3.05) is 25.1 Å². The molecular formula is C9H17NO4S. The summed E-state index contributed by atoms with van der Waals surface area (Å²) in [6.45, 7) is 0.486. The molecule has 0 atom stereocenters. The average molecular weight is 235 g/mol. The number of hydrogen-bond donors (Lipinski definition) is 1. The van der Waals surface area contributed by atoms with Crippen LogP contribution in [0.15, 0.2) is 0 Å². The van der Waals surface area contributed by atoms with Gasteiger partial charge in [0.2, 0.25) is 0 Å². The Morgan fingerprint density at radius 3 is 2.40 bits per heavy atom. The van der Waals surface area contributed by atoms with Gasteiger partial charge in [0.25, 0.3) is 0 Å². The third kappa shape index (κ3) is 4.17. The van der Waals surface area contributed by atoms with Crippen molar-refractivity contribution in [2.24, 2.45) is 0 Å². The van der Waals surface area contributed by atoms with Crippen LogP contribution in [0, 0.1) is 0 Å². The molecule has 0 amide bonds. The number of carbonyl (C=O) groups is 1. The topological polar surface area (TPSA) is 74.7 Å². The van der Waals surface area contributed by atoms with Gasteiger partial charge in [0.05, 0.1) is 17.9 Å². The fourth-order valence-electron chi connectivity index (χ4n) is 1.77. The van der Waals surface area contributed by atoms with Crippen LogP contribution in [0.25, 0.3) is 0 Å². The first-order chi connectivity index (χ1) is 6.91. The van der Waals surface area contributed by atoms with Crippen LogP contribution in [0.3, 0.4) is 0 Å². The van der Waals surface area contributed by atoms with Crippen molar-refractivity contribution < 1.29 is 18.3 Å². The number of hydrogen-bond acceptors (Lipinski definition) is 4. The number of aliphatic carboxylic acids is 1. The molecule has 0 aromatic rings. The Morgan fingerprint density at radius 1 is 1.40 bits per heavy atom. The van der Waals surface area contributed by atoms with Crippen molar-refractivity contribution in [2.45, 2.75) is 25.3 Å². The maximum atomic E-state index is 11.2. The zero-order valence-electron chi connectivity index (χ0n) is 8.85. The molecule has 15 heavy (non-hydrogen) atoms. The van der Waals surface area contributed by atoms with E-state index in [1.165, 1.54) is 0 Å². The Hall–Kier alpha value is -0.620. The van der Waals surface area contributed by atoms with Gasteiger partial charge in [-0.05, 0) is 19.9 Å². The molecule has 0 spiro atoms. The largest absolute Gasteiger partial charge is 0.481 e. The molecule has 6 heteroatoms. The van der Waals surface area contributed by atoms with E-state index in [9.17, 15) is 13.2 Å². The molecule has 0 saturated carbocycles. The third-order valence-corrected chi connectivity index (χ3v) is 4.54. The van der Waals surface area contributed by atoms with Gasteiger partial charge in [-0.2, -0.15) is 0 Å². The van der Waals surface area contributed by atoms with Crippen LogP contribution in [0.4, 0.5) is 0 Å². The second-order valence-electron chi connectivity index (χ2n) is 4.01. The van der Waals surface area contributed by atoms with E-state index in [0.717, 1.165) is 0 Å². The van der Waals surface area contributed by atoms with E-state index in [0.29, 0.717) is 19.4 Å². The normalized spacial score (nSPS) is 21.7. The Balaban J connectivity index is 2.36. The van der Waals surface area contributed by atoms with Gasteiger partial charge in [0.15, 0.2) is 0 Å². The van der Waals surface area contributed by atoms with Crippen LogP contribution < -0.4 is 0 Å². The smallest absolute Gasteiger partial charge is 0.304 e. The molecule has 1 fully saturated rings. The van der Waals surface area contributed by atoms with E-state index in [4.69, 9.17) is 5.11 Å². The molecule has 1 heterocycles. The predicted molar refractivity (Wildman–Crippen MR) is 56.6 cm³/mol. The first kappa shape index (κ1) is 12.4. The molecule has 1 aliphatic rings. The number of sulfone groups is 1. The molecule has 1 aliphatic heterocycles. The summed E-state index contributed by atoms with van der Waals surface area (Å²) >= 11 is 0. The van der Waals surface area contributed by atoms with Crippen LogP contribution in [-0.2, 0) is 14.6 Å². The summed E-state index contributed by atoms with van der Waals surface area (Å²) in [5.41, 5.74) is 0. The zero-order chi connectivity index (χ0) is 11.5. The minimum absolute atomic E-state index is 0.111. The molecule has 1 saturated heterocycles. The summed E-state index contributed by atoms with van der Waals surface area (Å²) in [5.74, 6) is -0.352. The minimum Gasteiger partial charge on any atom is -0.481 e. The standard InChI is InChI=1S/C9H17NO4S/c1-10(5-2-9(11)12)8-3-6-15(13,14)7-4-8/h8H,2-7H2,1H3,(H,11,12). The Bertz CT molecular complexity index is 311. The van der Waals surface area contributed by atoms with Gasteiger partial charge in [-0.25, -0.2) is 8.42 Å². The fraction of sp³-hybridized carbons (Fsp3) is 0.889. The summed E-state index contributed by atoms with van der Waals surface area (Å²) in [6.07, 6.45) is 1.36. The van der Waals surface area contributed by atoms with Gasteiger partial charge < -0.3 is 10.0 Å². The van der Waals surface area contributed by atoms with Crippen LogP contribution in [0.5, 0.6) is 0 Å². The lowest BCUT2D eigenvalue weighted by atomic mass is 10.1. The van der Waals surface area contributed by atoms with Gasteiger partial charge in [-0.1, -0.05) is 0 Å². The van der Waals surface area contributed by atoms with Gasteiger partial charge in [0, 0.05) is 12.6 Å². The van der Waals surface area contributed by atoms with Gasteiger partial charge >= 0.3 is 5.97 Å². The first-order valence-corrected chi connectivity index (χ1v) is 6.85. The Kier molecular flexibility index (Phi) is 4.10. The maximum Gasteiger partial charge on any atom is 0.304 e. The van der Waals surface area contributed by atoms with Crippen LogP contribution in [-0.4, -0.2) is 55.5 Å². The van der Waals surface area contributed by atoms with Crippen molar-refractivity contribution in [3.8, 4) is 0 Å². The van der Waals surface area contributed by atoms with Crippen molar-refractivity contribution in [3.05, 3.63) is 0 Å². The number of rotatable bonds is 4. The summed E-state index contributed by atoms with van der Waals surface area (Å²) in [5, 5.41) is 8.52. The molecule has 1 rings (SSSR count). The number of nitrogens with zero attached hydrogens (tertiary/aromatic N) is 1. The maximum absolute atomic E-state index is 11.2. The third-order valence-electron chi connectivity index (χ3n) is 2.83. The van der Waals surface area contributed by atoms with Crippen LogP contribution in [0.2, 0.25) is 0 Å². The zero-order valence-corrected chi connectivity index (χ0v) is 9.66. The summed E-state index contributed by atoms with van der Waals surface area (Å²) in [7, 11) is -0.971. The van der Waals surface area contributed by atoms with Gasteiger partial charge in [0.1, 0.15) is 9.84 Å². The molecule has 0 aromatic heterocycles. The molecule has 1 N–H and O–H groups in total. The van der Waals surface area contributed by atoms with Crippen molar-refractivity contribution >= 4 is 15.8 Å². The van der Waals surface area contributed by atoms with Crippen LogP contribution in [0.1, 0.15) is 19.3 Å². The van der Waals surface area contributed by atoms with Gasteiger partial charge in [-0.15, -0.1) is 0 Å². The number of carboxylic acids is 1. The first-order valence-electron chi connectivity index (χ1n) is 5.03.